The van der Waals surface area contributed by atoms with Gasteiger partial charge in [0.15, 0.2) is 0 Å². The maximum atomic E-state index is 11.3. The molecule has 0 bridgehead atoms. The lowest BCUT2D eigenvalue weighted by Gasteiger charge is -2.16. The highest BCUT2D eigenvalue weighted by atomic mass is 16.5. The number of aliphatic carboxylic acids is 1. The molecule has 0 heterocycles. The molecule has 4 N–H and O–H groups in total. The van der Waals surface area contributed by atoms with Crippen LogP contribution in [-0.2, 0) is 14.3 Å². The van der Waals surface area contributed by atoms with Gasteiger partial charge in [-0.05, 0) is 0 Å². The van der Waals surface area contributed by atoms with E-state index in [4.69, 9.17) is 15.6 Å². The first kappa shape index (κ1) is 15.2. The van der Waals surface area contributed by atoms with Crippen LogP contribution in [0.25, 0.3) is 0 Å². The number of urea groups is 1. The number of nitrogens with two attached hydrogens (primary N) is 1. The number of primary amides is 1. The van der Waals surface area contributed by atoms with Gasteiger partial charge in [-0.3, -0.25) is 9.59 Å². The fourth-order valence-electron chi connectivity index (χ4n) is 0.903. The summed E-state index contributed by atoms with van der Waals surface area (Å²) >= 11 is 0. The molecule has 3 amide bonds. The second-order valence-electron chi connectivity index (χ2n) is 3.32. The Hall–Kier alpha value is -1.83. The molecule has 8 heteroatoms. The van der Waals surface area contributed by atoms with E-state index in [1.165, 1.54) is 11.9 Å². The lowest BCUT2D eigenvalue weighted by atomic mass is 10.4. The minimum Gasteiger partial charge on any atom is -0.481 e. The summed E-state index contributed by atoms with van der Waals surface area (Å²) in [6, 6.07) is -0.395. The Bertz CT molecular complexity index is 282. The average molecular weight is 247 g/mol. The van der Waals surface area contributed by atoms with Gasteiger partial charge in [-0.1, -0.05) is 0 Å². The summed E-state index contributed by atoms with van der Waals surface area (Å²) in [7, 11) is 1.49. The number of carbonyl (C=O) groups excluding carboxylic acids is 2. The van der Waals surface area contributed by atoms with Gasteiger partial charge in [-0.15, -0.1) is 0 Å². The Labute approximate surface area is 98.7 Å². The first-order valence-corrected chi connectivity index (χ1v) is 5.00. The van der Waals surface area contributed by atoms with E-state index in [9.17, 15) is 14.4 Å². The summed E-state index contributed by atoms with van der Waals surface area (Å²) < 4.78 is 4.82. The smallest absolute Gasteiger partial charge is 0.317 e. The molecule has 0 saturated carbocycles. The molecule has 17 heavy (non-hydrogen) atoms. The Morgan fingerprint density at radius 3 is 2.59 bits per heavy atom. The van der Waals surface area contributed by atoms with Gasteiger partial charge < -0.3 is 25.8 Å². The van der Waals surface area contributed by atoms with Gasteiger partial charge in [0.2, 0.25) is 5.91 Å². The molecular formula is C9H17N3O5. The highest BCUT2D eigenvalue weighted by Crippen LogP contribution is 1.88. The number of carboxylic acid groups (broad SMARTS) is 1. The maximum absolute atomic E-state index is 11.3. The van der Waals surface area contributed by atoms with Gasteiger partial charge in [0.25, 0.3) is 0 Å². The van der Waals surface area contributed by atoms with Crippen molar-refractivity contribution < 1.29 is 24.2 Å². The summed E-state index contributed by atoms with van der Waals surface area (Å²) in [5.74, 6) is -1.54. The number of ether oxygens (including phenoxy) is 1. The summed E-state index contributed by atoms with van der Waals surface area (Å²) in [6.07, 6.45) is -0.109. The van der Waals surface area contributed by atoms with E-state index in [1.807, 2.05) is 0 Å². The van der Waals surface area contributed by atoms with Crippen LogP contribution in [0.2, 0.25) is 0 Å². The molecule has 0 aromatic carbocycles. The highest BCUT2D eigenvalue weighted by Gasteiger charge is 2.08. The van der Waals surface area contributed by atoms with E-state index in [2.05, 4.69) is 5.32 Å². The molecule has 0 atom stereocenters. The van der Waals surface area contributed by atoms with Crippen molar-refractivity contribution in [1.82, 2.24) is 10.2 Å². The first-order valence-electron chi connectivity index (χ1n) is 5.00. The molecule has 0 radical (unpaired) electrons. The summed E-state index contributed by atoms with van der Waals surface area (Å²) in [5.41, 5.74) is 4.84. The minimum absolute atomic E-state index is 0.109. The maximum Gasteiger partial charge on any atom is 0.317 e. The zero-order valence-electron chi connectivity index (χ0n) is 9.64. The third kappa shape index (κ3) is 9.12. The van der Waals surface area contributed by atoms with Crippen molar-refractivity contribution in [1.29, 1.82) is 0 Å². The SMILES string of the molecule is CN(CCC(=O)O)C(=O)NCCOCC(N)=O. The van der Waals surface area contributed by atoms with E-state index in [0.29, 0.717) is 0 Å². The molecule has 98 valence electrons. The molecule has 0 fully saturated rings. The standard InChI is InChI=1S/C9H17N3O5/c1-12(4-2-8(14)15)9(16)11-3-5-17-6-7(10)13/h2-6H2,1H3,(H2,10,13)(H,11,16)(H,14,15). The molecule has 0 aliphatic rings. The lowest BCUT2D eigenvalue weighted by Crippen LogP contribution is -2.40. The molecule has 8 nitrogen and oxygen atoms in total. The van der Waals surface area contributed by atoms with E-state index in [0.717, 1.165) is 0 Å². The normalized spacial score (nSPS) is 9.71. The number of nitrogens with one attached hydrogen (secondary N) is 1. The second-order valence-corrected chi connectivity index (χ2v) is 3.32. The number of hydrogen-bond acceptors (Lipinski definition) is 4. The lowest BCUT2D eigenvalue weighted by molar-refractivity contribution is -0.137. The minimum atomic E-state index is -0.963. The van der Waals surface area contributed by atoms with E-state index < -0.39 is 17.9 Å². The van der Waals surface area contributed by atoms with Crippen molar-refractivity contribution in [2.45, 2.75) is 6.42 Å². The number of hydrogen-bond donors (Lipinski definition) is 3. The molecular weight excluding hydrogens is 230 g/mol. The van der Waals surface area contributed by atoms with Crippen molar-refractivity contribution in [2.24, 2.45) is 5.73 Å². The van der Waals surface area contributed by atoms with Crippen molar-refractivity contribution in [3.63, 3.8) is 0 Å². The third-order valence-electron chi connectivity index (χ3n) is 1.77. The molecule has 0 aliphatic heterocycles. The van der Waals surface area contributed by atoms with Gasteiger partial charge in [0.05, 0.1) is 13.0 Å². The van der Waals surface area contributed by atoms with Crippen molar-refractivity contribution in [2.75, 3.05) is 33.4 Å². The average Bonchev–Trinajstić information content (AvgIpc) is 2.24. The third-order valence-corrected chi connectivity index (χ3v) is 1.77. The van der Waals surface area contributed by atoms with Crippen LogP contribution in [-0.4, -0.2) is 61.3 Å². The number of carboxylic acids is 1. The molecule has 0 unspecified atom stereocenters. The predicted molar refractivity (Wildman–Crippen MR) is 58.3 cm³/mol. The van der Waals surface area contributed by atoms with Crippen LogP contribution < -0.4 is 11.1 Å². The Morgan fingerprint density at radius 2 is 2.06 bits per heavy atom. The zero-order chi connectivity index (χ0) is 13.3. The monoisotopic (exact) mass is 247 g/mol. The fraction of sp³-hybridized carbons (Fsp3) is 0.667. The van der Waals surface area contributed by atoms with Gasteiger partial charge in [0.1, 0.15) is 6.61 Å². The van der Waals surface area contributed by atoms with Crippen LogP contribution in [0.1, 0.15) is 6.42 Å². The summed E-state index contributed by atoms with van der Waals surface area (Å²) in [4.78, 5) is 33.1. The molecule has 0 aromatic rings. The quantitative estimate of drug-likeness (QED) is 0.455. The van der Waals surface area contributed by atoms with Crippen LogP contribution in [0, 0.1) is 0 Å². The van der Waals surface area contributed by atoms with E-state index in [1.54, 1.807) is 0 Å². The van der Waals surface area contributed by atoms with Gasteiger partial charge >= 0.3 is 12.0 Å². The van der Waals surface area contributed by atoms with Crippen molar-refractivity contribution >= 4 is 17.9 Å². The van der Waals surface area contributed by atoms with Gasteiger partial charge in [-0.25, -0.2) is 4.79 Å². The Balaban J connectivity index is 3.57. The molecule has 0 rings (SSSR count). The van der Waals surface area contributed by atoms with Crippen molar-refractivity contribution in [3.05, 3.63) is 0 Å². The van der Waals surface area contributed by atoms with Crippen LogP contribution in [0.15, 0.2) is 0 Å². The summed E-state index contributed by atoms with van der Waals surface area (Å²) in [6.45, 7) is 0.332. The predicted octanol–water partition coefficient (Wildman–Crippen LogP) is -1.40. The van der Waals surface area contributed by atoms with Crippen LogP contribution in [0.3, 0.4) is 0 Å². The zero-order valence-corrected chi connectivity index (χ0v) is 9.64. The van der Waals surface area contributed by atoms with E-state index >= 15 is 0 Å². The number of rotatable bonds is 8. The molecule has 0 saturated heterocycles. The largest absolute Gasteiger partial charge is 0.481 e. The summed E-state index contributed by atoms with van der Waals surface area (Å²) in [5, 5.41) is 10.9. The Morgan fingerprint density at radius 1 is 1.41 bits per heavy atom. The van der Waals surface area contributed by atoms with Crippen LogP contribution >= 0.6 is 0 Å². The fourth-order valence-corrected chi connectivity index (χ4v) is 0.903. The number of carbonyl (C=O) groups is 3. The Kier molecular flexibility index (Phi) is 7.44. The highest BCUT2D eigenvalue weighted by molar-refractivity contribution is 5.75. The second kappa shape index (κ2) is 8.34. The van der Waals surface area contributed by atoms with Gasteiger partial charge in [-0.2, -0.15) is 0 Å². The number of amides is 3. The van der Waals surface area contributed by atoms with E-state index in [-0.39, 0.29) is 32.7 Å². The topological polar surface area (TPSA) is 122 Å². The molecule has 0 aliphatic carbocycles. The van der Waals surface area contributed by atoms with Crippen LogP contribution in [0.5, 0.6) is 0 Å². The number of nitrogens with zero attached hydrogens (tertiary/aromatic N) is 1. The van der Waals surface area contributed by atoms with Crippen LogP contribution in [0.4, 0.5) is 4.79 Å². The van der Waals surface area contributed by atoms with Gasteiger partial charge in [0, 0.05) is 20.1 Å². The van der Waals surface area contributed by atoms with Crippen molar-refractivity contribution in [3.8, 4) is 0 Å². The first-order chi connectivity index (χ1) is 7.93. The molecule has 0 spiro atoms. The molecule has 0 aromatic heterocycles.